The SMILES string of the molecule is CC(N)c1cc(F)cc2c1OC(C)(C)C=C2. The van der Waals surface area contributed by atoms with E-state index in [1.165, 1.54) is 12.1 Å². The van der Waals surface area contributed by atoms with E-state index in [1.807, 2.05) is 32.9 Å². The van der Waals surface area contributed by atoms with E-state index in [1.54, 1.807) is 0 Å². The van der Waals surface area contributed by atoms with Crippen molar-refractivity contribution in [3.05, 3.63) is 35.2 Å². The highest BCUT2D eigenvalue weighted by Gasteiger charge is 2.25. The van der Waals surface area contributed by atoms with E-state index in [0.29, 0.717) is 11.3 Å². The van der Waals surface area contributed by atoms with E-state index < -0.39 is 0 Å². The summed E-state index contributed by atoms with van der Waals surface area (Å²) in [5.74, 6) is 0.419. The summed E-state index contributed by atoms with van der Waals surface area (Å²) < 4.78 is 19.2. The van der Waals surface area contributed by atoms with Crippen molar-refractivity contribution in [2.75, 3.05) is 0 Å². The normalized spacial score (nSPS) is 18.8. The number of fused-ring (bicyclic) bond motifs is 1. The van der Waals surface area contributed by atoms with E-state index >= 15 is 0 Å². The number of ether oxygens (including phenoxy) is 1. The molecular weight excluding hydrogens is 205 g/mol. The lowest BCUT2D eigenvalue weighted by molar-refractivity contribution is 0.156. The standard InChI is InChI=1S/C13H16FNO/c1-8(15)11-7-10(14)6-9-4-5-13(2,3)16-12(9)11/h4-8H,15H2,1-3H3. The predicted molar refractivity (Wildman–Crippen MR) is 62.7 cm³/mol. The van der Waals surface area contributed by atoms with E-state index in [4.69, 9.17) is 10.5 Å². The average Bonchev–Trinajstić information content (AvgIpc) is 2.16. The molecule has 1 unspecified atom stereocenters. The van der Waals surface area contributed by atoms with Gasteiger partial charge in [0.1, 0.15) is 17.2 Å². The summed E-state index contributed by atoms with van der Waals surface area (Å²) in [7, 11) is 0. The molecule has 3 heteroatoms. The van der Waals surface area contributed by atoms with E-state index in [0.717, 1.165) is 5.56 Å². The van der Waals surface area contributed by atoms with Crippen LogP contribution in [0.1, 0.15) is 37.9 Å². The first-order valence-corrected chi connectivity index (χ1v) is 5.36. The second-order valence-corrected chi connectivity index (χ2v) is 4.74. The molecule has 1 aromatic rings. The van der Waals surface area contributed by atoms with Crippen molar-refractivity contribution in [2.24, 2.45) is 5.73 Å². The maximum absolute atomic E-state index is 13.4. The molecule has 2 rings (SSSR count). The summed E-state index contributed by atoms with van der Waals surface area (Å²) in [6.07, 6.45) is 3.80. The highest BCUT2D eigenvalue weighted by atomic mass is 19.1. The third-order valence-corrected chi connectivity index (χ3v) is 2.63. The molecule has 0 fully saturated rings. The summed E-state index contributed by atoms with van der Waals surface area (Å²) in [5, 5.41) is 0. The van der Waals surface area contributed by atoms with Gasteiger partial charge in [-0.05, 0) is 39.0 Å². The van der Waals surface area contributed by atoms with E-state index in [2.05, 4.69) is 0 Å². The van der Waals surface area contributed by atoms with Crippen LogP contribution in [-0.4, -0.2) is 5.60 Å². The molecule has 1 aliphatic heterocycles. The van der Waals surface area contributed by atoms with Crippen molar-refractivity contribution >= 4 is 6.08 Å². The molecule has 0 aromatic heterocycles. The van der Waals surface area contributed by atoms with Gasteiger partial charge in [0.05, 0.1) is 0 Å². The Bertz CT molecular complexity index is 449. The van der Waals surface area contributed by atoms with Crippen LogP contribution in [0.4, 0.5) is 4.39 Å². The summed E-state index contributed by atoms with van der Waals surface area (Å²) in [6, 6.07) is 2.66. The fourth-order valence-corrected chi connectivity index (χ4v) is 1.80. The molecule has 0 aliphatic carbocycles. The van der Waals surface area contributed by atoms with Crippen LogP contribution >= 0.6 is 0 Å². The number of halogens is 1. The molecule has 1 aromatic carbocycles. The molecule has 1 aliphatic rings. The van der Waals surface area contributed by atoms with E-state index in [-0.39, 0.29) is 17.5 Å². The van der Waals surface area contributed by atoms with Gasteiger partial charge in [0.2, 0.25) is 0 Å². The summed E-state index contributed by atoms with van der Waals surface area (Å²) in [6.45, 7) is 5.74. The molecule has 0 radical (unpaired) electrons. The Kier molecular flexibility index (Phi) is 2.50. The highest BCUT2D eigenvalue weighted by Crippen LogP contribution is 2.36. The van der Waals surface area contributed by atoms with Gasteiger partial charge in [-0.2, -0.15) is 0 Å². The minimum absolute atomic E-state index is 0.244. The van der Waals surface area contributed by atoms with Crippen molar-refractivity contribution in [1.29, 1.82) is 0 Å². The molecule has 86 valence electrons. The second-order valence-electron chi connectivity index (χ2n) is 4.74. The lowest BCUT2D eigenvalue weighted by atomic mass is 9.97. The maximum atomic E-state index is 13.4. The van der Waals surface area contributed by atoms with Crippen molar-refractivity contribution in [1.82, 2.24) is 0 Å². The largest absolute Gasteiger partial charge is 0.483 e. The van der Waals surface area contributed by atoms with Gasteiger partial charge in [-0.25, -0.2) is 4.39 Å². The van der Waals surface area contributed by atoms with Crippen LogP contribution in [0.25, 0.3) is 6.08 Å². The van der Waals surface area contributed by atoms with Crippen LogP contribution in [0.15, 0.2) is 18.2 Å². The molecule has 2 nitrogen and oxygen atoms in total. The monoisotopic (exact) mass is 221 g/mol. The van der Waals surface area contributed by atoms with Gasteiger partial charge < -0.3 is 10.5 Å². The number of hydrogen-bond acceptors (Lipinski definition) is 2. The molecular formula is C13H16FNO. The molecule has 0 spiro atoms. The molecule has 2 N–H and O–H groups in total. The Balaban J connectivity index is 2.59. The number of hydrogen-bond donors (Lipinski definition) is 1. The van der Waals surface area contributed by atoms with Gasteiger partial charge in [0.15, 0.2) is 0 Å². The Labute approximate surface area is 94.9 Å². The molecule has 0 saturated heterocycles. The van der Waals surface area contributed by atoms with Gasteiger partial charge in [-0.1, -0.05) is 6.08 Å². The Hall–Kier alpha value is -1.35. The van der Waals surface area contributed by atoms with Gasteiger partial charge in [0, 0.05) is 17.2 Å². The Morgan fingerprint density at radius 2 is 2.06 bits per heavy atom. The molecule has 1 heterocycles. The summed E-state index contributed by atoms with van der Waals surface area (Å²) in [5.41, 5.74) is 6.93. The molecule has 0 amide bonds. The van der Waals surface area contributed by atoms with Gasteiger partial charge in [-0.3, -0.25) is 0 Å². The first-order chi connectivity index (χ1) is 7.39. The fourth-order valence-electron chi connectivity index (χ4n) is 1.80. The fraction of sp³-hybridized carbons (Fsp3) is 0.385. The predicted octanol–water partition coefficient (Wildman–Crippen LogP) is 3.03. The Morgan fingerprint density at radius 3 is 2.69 bits per heavy atom. The highest BCUT2D eigenvalue weighted by molar-refractivity contribution is 5.63. The van der Waals surface area contributed by atoms with Crippen LogP contribution < -0.4 is 10.5 Å². The number of benzene rings is 1. The van der Waals surface area contributed by atoms with Crippen molar-refractivity contribution < 1.29 is 9.13 Å². The third kappa shape index (κ3) is 1.95. The number of nitrogens with two attached hydrogens (primary N) is 1. The zero-order valence-corrected chi connectivity index (χ0v) is 9.75. The molecule has 16 heavy (non-hydrogen) atoms. The molecule has 0 bridgehead atoms. The first-order valence-electron chi connectivity index (χ1n) is 5.36. The van der Waals surface area contributed by atoms with E-state index in [9.17, 15) is 4.39 Å². The van der Waals surface area contributed by atoms with Crippen molar-refractivity contribution in [3.63, 3.8) is 0 Å². The second kappa shape index (κ2) is 3.59. The van der Waals surface area contributed by atoms with Crippen LogP contribution in [0.3, 0.4) is 0 Å². The zero-order chi connectivity index (χ0) is 11.9. The molecule has 1 atom stereocenters. The lowest BCUT2D eigenvalue weighted by Crippen LogP contribution is -2.29. The summed E-state index contributed by atoms with van der Waals surface area (Å²) in [4.78, 5) is 0. The van der Waals surface area contributed by atoms with Gasteiger partial charge in [-0.15, -0.1) is 0 Å². The van der Waals surface area contributed by atoms with Crippen LogP contribution in [-0.2, 0) is 0 Å². The minimum Gasteiger partial charge on any atom is -0.483 e. The van der Waals surface area contributed by atoms with Crippen LogP contribution in [0.2, 0.25) is 0 Å². The quantitative estimate of drug-likeness (QED) is 0.791. The smallest absolute Gasteiger partial charge is 0.132 e. The summed E-state index contributed by atoms with van der Waals surface area (Å²) >= 11 is 0. The topological polar surface area (TPSA) is 35.2 Å². The van der Waals surface area contributed by atoms with Crippen LogP contribution in [0, 0.1) is 5.82 Å². The van der Waals surface area contributed by atoms with Gasteiger partial charge in [0.25, 0.3) is 0 Å². The lowest BCUT2D eigenvalue weighted by Gasteiger charge is -2.30. The Morgan fingerprint density at radius 1 is 1.38 bits per heavy atom. The third-order valence-electron chi connectivity index (χ3n) is 2.63. The minimum atomic E-state index is -0.367. The van der Waals surface area contributed by atoms with Crippen LogP contribution in [0.5, 0.6) is 5.75 Å². The maximum Gasteiger partial charge on any atom is 0.132 e. The average molecular weight is 221 g/mol. The zero-order valence-electron chi connectivity index (χ0n) is 9.75. The molecule has 0 saturated carbocycles. The van der Waals surface area contributed by atoms with Crippen molar-refractivity contribution in [2.45, 2.75) is 32.4 Å². The first kappa shape index (κ1) is 11.1. The van der Waals surface area contributed by atoms with Gasteiger partial charge >= 0.3 is 0 Å². The van der Waals surface area contributed by atoms with Crippen molar-refractivity contribution in [3.8, 4) is 5.75 Å². The number of rotatable bonds is 1.